The molecule has 1 atom stereocenters. The lowest BCUT2D eigenvalue weighted by atomic mass is 10.2. The van der Waals surface area contributed by atoms with Gasteiger partial charge in [0.05, 0.1) is 0 Å². The summed E-state index contributed by atoms with van der Waals surface area (Å²) in [5.74, 6) is 1.09. The predicted molar refractivity (Wildman–Crippen MR) is 150 cm³/mol. The first-order valence-electron chi connectivity index (χ1n) is 11.4. The van der Waals surface area contributed by atoms with Gasteiger partial charge < -0.3 is 10.9 Å². The molecule has 2 fully saturated rings. The highest BCUT2D eigenvalue weighted by Gasteiger charge is 2.16. The lowest BCUT2D eigenvalue weighted by Gasteiger charge is -2.23. The van der Waals surface area contributed by atoms with Crippen LogP contribution in [0.25, 0.3) is 0 Å². The summed E-state index contributed by atoms with van der Waals surface area (Å²) in [7, 11) is 7.27. The third-order valence-electron chi connectivity index (χ3n) is 5.24. The van der Waals surface area contributed by atoms with Crippen LogP contribution in [0.5, 0.6) is 0 Å². The average Bonchev–Trinajstić information content (AvgIpc) is 3.14. The van der Waals surface area contributed by atoms with Crippen LogP contribution < -0.4 is 10.9 Å². The second-order valence-corrected chi connectivity index (χ2v) is 14.1. The summed E-state index contributed by atoms with van der Waals surface area (Å²) in [5.41, 5.74) is 6.89. The van der Waals surface area contributed by atoms with Crippen LogP contribution in [0.15, 0.2) is 0 Å². The highest BCUT2D eigenvalue weighted by molar-refractivity contribution is 8.85. The molecule has 2 N–H and O–H groups in total. The Morgan fingerprint density at radius 2 is 1.30 bits per heavy atom. The molecule has 0 bridgehead atoms. The quantitative estimate of drug-likeness (QED) is 0.238. The highest BCUT2D eigenvalue weighted by Crippen LogP contribution is 2.36. The Morgan fingerprint density at radius 1 is 0.800 bits per heavy atom. The van der Waals surface area contributed by atoms with Crippen LogP contribution >= 0.6 is 67.6 Å². The lowest BCUT2D eigenvalue weighted by molar-refractivity contribution is 0.249. The largest absolute Gasteiger partial charge is 0.303 e. The standard InChI is InChI=1S/C20H38N4S6/c1-2-3-12-18(28-30-20(26)22-24-15-10-6-7-11-16-24)17-27-29-19(25)21-23-13-8-4-5-9-14-23/h18H,2-17H2,1H3,(H,21,25)(H,22,26). The van der Waals surface area contributed by atoms with Crippen molar-refractivity contribution in [3.8, 4) is 0 Å². The van der Waals surface area contributed by atoms with Gasteiger partial charge in [0.2, 0.25) is 0 Å². The van der Waals surface area contributed by atoms with Crippen molar-refractivity contribution in [2.24, 2.45) is 0 Å². The molecule has 0 aromatic carbocycles. The summed E-state index contributed by atoms with van der Waals surface area (Å²) in [6, 6.07) is 0. The van der Waals surface area contributed by atoms with E-state index in [-0.39, 0.29) is 0 Å². The summed E-state index contributed by atoms with van der Waals surface area (Å²) in [5, 5.41) is 5.20. The Bertz CT molecular complexity index is 480. The number of thiocarbonyl (C=S) groups is 2. The molecule has 0 saturated carbocycles. The summed E-state index contributed by atoms with van der Waals surface area (Å²) in [4.78, 5) is 0. The number of hydrazine groups is 2. The molecule has 174 valence electrons. The van der Waals surface area contributed by atoms with Crippen molar-refractivity contribution in [2.45, 2.75) is 82.8 Å². The fraction of sp³-hybridized carbons (Fsp3) is 0.900. The summed E-state index contributed by atoms with van der Waals surface area (Å²) in [6.45, 7) is 6.70. The van der Waals surface area contributed by atoms with Crippen LogP contribution in [-0.2, 0) is 0 Å². The Labute approximate surface area is 210 Å². The molecule has 1 unspecified atom stereocenters. The molecule has 0 aromatic rings. The van der Waals surface area contributed by atoms with Crippen molar-refractivity contribution in [1.29, 1.82) is 0 Å². The van der Waals surface area contributed by atoms with Crippen LogP contribution in [0.4, 0.5) is 0 Å². The SMILES string of the molecule is CCCCC(CSSC(=S)NN1CCCCCC1)SSC(=S)NN1CCCCCC1. The number of unbranched alkanes of at least 4 members (excludes halogenated alkanes) is 1. The van der Waals surface area contributed by atoms with Gasteiger partial charge in [-0.3, -0.25) is 0 Å². The molecule has 2 rings (SSSR count). The van der Waals surface area contributed by atoms with Crippen molar-refractivity contribution < 1.29 is 0 Å². The van der Waals surface area contributed by atoms with Crippen LogP contribution in [0, 0.1) is 0 Å². The molecular weight excluding hydrogens is 489 g/mol. The van der Waals surface area contributed by atoms with E-state index in [0.29, 0.717) is 5.25 Å². The maximum Gasteiger partial charge on any atom is 0.158 e. The minimum Gasteiger partial charge on any atom is -0.303 e. The van der Waals surface area contributed by atoms with Gasteiger partial charge >= 0.3 is 0 Å². The second kappa shape index (κ2) is 17.6. The van der Waals surface area contributed by atoms with E-state index in [4.69, 9.17) is 24.4 Å². The van der Waals surface area contributed by atoms with Crippen molar-refractivity contribution in [2.75, 3.05) is 31.9 Å². The maximum absolute atomic E-state index is 5.61. The predicted octanol–water partition coefficient (Wildman–Crippen LogP) is 6.64. The number of hydrogen-bond acceptors (Lipinski definition) is 8. The van der Waals surface area contributed by atoms with E-state index >= 15 is 0 Å². The average molecular weight is 527 g/mol. The molecule has 2 heterocycles. The zero-order valence-corrected chi connectivity index (χ0v) is 23.1. The molecule has 30 heavy (non-hydrogen) atoms. The molecule has 0 aliphatic carbocycles. The van der Waals surface area contributed by atoms with Crippen molar-refractivity contribution >= 4 is 76.3 Å². The molecule has 2 saturated heterocycles. The Balaban J connectivity index is 1.64. The van der Waals surface area contributed by atoms with Crippen LogP contribution in [-0.4, -0.2) is 55.8 Å². The summed E-state index contributed by atoms with van der Waals surface area (Å²) < 4.78 is 1.80. The molecule has 10 heteroatoms. The molecule has 4 nitrogen and oxygen atoms in total. The topological polar surface area (TPSA) is 30.5 Å². The van der Waals surface area contributed by atoms with Gasteiger partial charge in [-0.2, -0.15) is 0 Å². The number of nitrogens with one attached hydrogen (secondary N) is 2. The van der Waals surface area contributed by atoms with E-state index in [1.165, 1.54) is 70.6 Å². The first-order valence-corrected chi connectivity index (χ1v) is 16.8. The normalized spacial score (nSPS) is 20.2. The third-order valence-corrected chi connectivity index (χ3v) is 11.5. The fourth-order valence-electron chi connectivity index (χ4n) is 3.53. The van der Waals surface area contributed by atoms with Gasteiger partial charge in [-0.15, -0.1) is 0 Å². The molecule has 0 amide bonds. The molecule has 0 radical (unpaired) electrons. The first-order chi connectivity index (χ1) is 14.7. The van der Waals surface area contributed by atoms with Gasteiger partial charge in [0.15, 0.2) is 8.64 Å². The van der Waals surface area contributed by atoms with Gasteiger partial charge in [0.25, 0.3) is 0 Å². The van der Waals surface area contributed by atoms with E-state index in [0.717, 1.165) is 40.6 Å². The maximum atomic E-state index is 5.61. The fourth-order valence-corrected chi connectivity index (χ4v) is 9.27. The Hall–Kier alpha value is 1.10. The van der Waals surface area contributed by atoms with E-state index < -0.39 is 0 Å². The van der Waals surface area contributed by atoms with Crippen LogP contribution in [0.3, 0.4) is 0 Å². The molecule has 0 aromatic heterocycles. The van der Waals surface area contributed by atoms with Gasteiger partial charge in [-0.25, -0.2) is 10.0 Å². The molecule has 2 aliphatic rings. The molecule has 2 aliphatic heterocycles. The van der Waals surface area contributed by atoms with Gasteiger partial charge in [0, 0.05) is 37.2 Å². The number of nitrogens with zero attached hydrogens (tertiary/aromatic N) is 2. The van der Waals surface area contributed by atoms with Crippen molar-refractivity contribution in [1.82, 2.24) is 20.9 Å². The molecule has 0 spiro atoms. The van der Waals surface area contributed by atoms with Crippen LogP contribution in [0.2, 0.25) is 0 Å². The second-order valence-electron chi connectivity index (χ2n) is 7.91. The number of rotatable bonds is 10. The summed E-state index contributed by atoms with van der Waals surface area (Å²) >= 11 is 11.2. The van der Waals surface area contributed by atoms with Crippen LogP contribution in [0.1, 0.15) is 77.6 Å². The molecular formula is C20H38N4S6. The first kappa shape index (κ1) is 27.3. The Kier molecular flexibility index (Phi) is 16.0. The van der Waals surface area contributed by atoms with Crippen molar-refractivity contribution in [3.05, 3.63) is 0 Å². The van der Waals surface area contributed by atoms with Gasteiger partial charge in [0.1, 0.15) is 0 Å². The zero-order valence-electron chi connectivity index (χ0n) is 18.2. The third kappa shape index (κ3) is 13.0. The minimum absolute atomic E-state index is 0.595. The smallest absolute Gasteiger partial charge is 0.158 e. The van der Waals surface area contributed by atoms with E-state index in [1.54, 1.807) is 21.6 Å². The monoisotopic (exact) mass is 526 g/mol. The minimum atomic E-state index is 0.595. The van der Waals surface area contributed by atoms with E-state index in [9.17, 15) is 0 Å². The number of hydrogen-bond donors (Lipinski definition) is 2. The van der Waals surface area contributed by atoms with E-state index in [1.807, 2.05) is 21.6 Å². The van der Waals surface area contributed by atoms with E-state index in [2.05, 4.69) is 27.8 Å². The van der Waals surface area contributed by atoms with Crippen molar-refractivity contribution in [3.63, 3.8) is 0 Å². The zero-order chi connectivity index (χ0) is 21.4. The highest BCUT2D eigenvalue weighted by atomic mass is 33.1. The lowest BCUT2D eigenvalue weighted by Crippen LogP contribution is -2.40. The summed E-state index contributed by atoms with van der Waals surface area (Å²) in [6.07, 6.45) is 14.2. The Morgan fingerprint density at radius 3 is 1.80 bits per heavy atom. The van der Waals surface area contributed by atoms with Gasteiger partial charge in [-0.05, 0) is 53.7 Å². The van der Waals surface area contributed by atoms with Gasteiger partial charge in [-0.1, -0.05) is 91.5 Å².